The maximum atomic E-state index is 9.99. The molecule has 1 unspecified atom stereocenters. The Kier molecular flexibility index (Phi) is 7.65. The van der Waals surface area contributed by atoms with E-state index in [2.05, 4.69) is 12.2 Å². The first kappa shape index (κ1) is 19.6. The number of nitrogens with two attached hydrogens (primary N) is 1. The number of anilines is 1. The van der Waals surface area contributed by atoms with Gasteiger partial charge in [-0.05, 0) is 32.9 Å². The van der Waals surface area contributed by atoms with Gasteiger partial charge in [0, 0.05) is 25.1 Å². The Balaban J connectivity index is 0.000000379. The van der Waals surface area contributed by atoms with Crippen molar-refractivity contribution in [1.82, 2.24) is 0 Å². The molecule has 0 spiro atoms. The van der Waals surface area contributed by atoms with Gasteiger partial charge in [-0.1, -0.05) is 19.8 Å². The van der Waals surface area contributed by atoms with E-state index in [-0.39, 0.29) is 0 Å². The van der Waals surface area contributed by atoms with Gasteiger partial charge < -0.3 is 25.6 Å². The Bertz CT molecular complexity index is 485. The van der Waals surface area contributed by atoms with Crippen LogP contribution >= 0.6 is 0 Å². The molecule has 1 aliphatic heterocycles. The Morgan fingerprint density at radius 2 is 2.09 bits per heavy atom. The summed E-state index contributed by atoms with van der Waals surface area (Å²) in [6.07, 6.45) is 3.84. The van der Waals surface area contributed by atoms with Crippen molar-refractivity contribution >= 4 is 5.69 Å². The van der Waals surface area contributed by atoms with Gasteiger partial charge in [-0.3, -0.25) is 0 Å². The zero-order valence-corrected chi connectivity index (χ0v) is 15.1. The van der Waals surface area contributed by atoms with Crippen LogP contribution in [0.25, 0.3) is 0 Å². The van der Waals surface area contributed by atoms with Crippen LogP contribution in [0.2, 0.25) is 0 Å². The smallest absolute Gasteiger partial charge is 0.142 e. The fraction of sp³-hybridized carbons (Fsp3) is 0.667. The topological polar surface area (TPSA) is 76.7 Å². The Labute approximate surface area is 140 Å². The van der Waals surface area contributed by atoms with Crippen molar-refractivity contribution in [3.05, 3.63) is 17.7 Å². The lowest BCUT2D eigenvalue weighted by molar-refractivity contribution is -0.0411. The number of nitrogens with one attached hydrogen (secondary N) is 1. The van der Waals surface area contributed by atoms with Crippen molar-refractivity contribution in [2.45, 2.75) is 58.2 Å². The predicted octanol–water partition coefficient (Wildman–Crippen LogP) is 2.95. The lowest BCUT2D eigenvalue weighted by Gasteiger charge is -2.37. The molecule has 0 saturated carbocycles. The second kappa shape index (κ2) is 8.99. The van der Waals surface area contributed by atoms with E-state index in [1.54, 1.807) is 7.11 Å². The summed E-state index contributed by atoms with van der Waals surface area (Å²) < 4.78 is 11.1. The number of hydrogen-bond acceptors (Lipinski definition) is 5. The molecule has 1 heterocycles. The number of unbranched alkanes of at least 4 members (excludes halogenated alkanes) is 2. The van der Waals surface area contributed by atoms with Gasteiger partial charge in [-0.25, -0.2) is 0 Å². The Morgan fingerprint density at radius 3 is 2.57 bits per heavy atom. The number of aliphatic hydroxyl groups is 1. The van der Waals surface area contributed by atoms with Crippen LogP contribution in [0, 0.1) is 0 Å². The zero-order chi connectivity index (χ0) is 17.5. The molecule has 4 N–H and O–H groups in total. The number of methoxy groups -OCH3 is 1. The first-order chi connectivity index (χ1) is 10.9. The molecule has 0 saturated heterocycles. The number of hydrogen-bond donors (Lipinski definition) is 3. The van der Waals surface area contributed by atoms with Crippen molar-refractivity contribution in [2.75, 3.05) is 26.0 Å². The van der Waals surface area contributed by atoms with Crippen molar-refractivity contribution in [1.29, 1.82) is 0 Å². The standard InChI is InChI=1S/C13H19NO3.C5H13N/c1-13(2)12(15)6-8-5-11(16-4)9(14-3)7-10(8)17-13;1-2-3-4-5-6/h5,7,12,14-15H,6H2,1-4H3;2-6H2,1H3. The van der Waals surface area contributed by atoms with E-state index in [9.17, 15) is 5.11 Å². The van der Waals surface area contributed by atoms with Gasteiger partial charge in [-0.2, -0.15) is 0 Å². The second-order valence-electron chi connectivity index (χ2n) is 6.33. The first-order valence-corrected chi connectivity index (χ1v) is 8.35. The van der Waals surface area contributed by atoms with E-state index in [0.717, 1.165) is 29.3 Å². The highest BCUT2D eigenvalue weighted by molar-refractivity contribution is 5.62. The summed E-state index contributed by atoms with van der Waals surface area (Å²) >= 11 is 0. The third-order valence-electron chi connectivity index (χ3n) is 4.05. The zero-order valence-electron chi connectivity index (χ0n) is 15.1. The summed E-state index contributed by atoms with van der Waals surface area (Å²) in [4.78, 5) is 0. The summed E-state index contributed by atoms with van der Waals surface area (Å²) in [5.41, 5.74) is 6.53. The van der Waals surface area contributed by atoms with E-state index >= 15 is 0 Å². The monoisotopic (exact) mass is 324 g/mol. The quantitative estimate of drug-likeness (QED) is 0.726. The minimum atomic E-state index is -0.549. The molecule has 1 atom stereocenters. The van der Waals surface area contributed by atoms with Crippen LogP contribution in [0.5, 0.6) is 11.5 Å². The van der Waals surface area contributed by atoms with E-state index in [1.807, 2.05) is 33.0 Å². The van der Waals surface area contributed by atoms with Crippen LogP contribution in [0.15, 0.2) is 12.1 Å². The molecule has 0 fully saturated rings. The lowest BCUT2D eigenvalue weighted by atomic mass is 9.91. The molecule has 0 aromatic heterocycles. The highest BCUT2D eigenvalue weighted by Gasteiger charge is 2.36. The molecule has 0 aliphatic carbocycles. The van der Waals surface area contributed by atoms with E-state index < -0.39 is 11.7 Å². The van der Waals surface area contributed by atoms with Crippen molar-refractivity contribution in [3.63, 3.8) is 0 Å². The molecule has 5 heteroatoms. The molecule has 23 heavy (non-hydrogen) atoms. The van der Waals surface area contributed by atoms with Gasteiger partial charge in [0.25, 0.3) is 0 Å². The molecular formula is C18H32N2O3. The van der Waals surface area contributed by atoms with Crippen LogP contribution in [-0.4, -0.2) is 37.5 Å². The van der Waals surface area contributed by atoms with Gasteiger partial charge in [0.15, 0.2) is 0 Å². The van der Waals surface area contributed by atoms with Gasteiger partial charge in [0.2, 0.25) is 0 Å². The van der Waals surface area contributed by atoms with Crippen LogP contribution in [0.3, 0.4) is 0 Å². The minimum Gasteiger partial charge on any atom is -0.495 e. The van der Waals surface area contributed by atoms with E-state index in [4.69, 9.17) is 15.2 Å². The lowest BCUT2D eigenvalue weighted by Crippen LogP contribution is -2.46. The number of benzene rings is 1. The molecule has 0 bridgehead atoms. The average Bonchev–Trinajstić information content (AvgIpc) is 2.53. The van der Waals surface area contributed by atoms with Gasteiger partial charge in [0.05, 0.1) is 18.9 Å². The van der Waals surface area contributed by atoms with Crippen LogP contribution < -0.4 is 20.5 Å². The van der Waals surface area contributed by atoms with Crippen molar-refractivity contribution in [3.8, 4) is 11.5 Å². The number of fused-ring (bicyclic) bond motifs is 1. The molecule has 1 aromatic carbocycles. The second-order valence-corrected chi connectivity index (χ2v) is 6.33. The summed E-state index contributed by atoms with van der Waals surface area (Å²) in [5, 5.41) is 13.1. The maximum Gasteiger partial charge on any atom is 0.142 e. The number of aliphatic hydroxyl groups excluding tert-OH is 1. The van der Waals surface area contributed by atoms with E-state index in [1.165, 1.54) is 19.3 Å². The summed E-state index contributed by atoms with van der Waals surface area (Å²) in [6, 6.07) is 3.83. The number of ether oxygens (including phenoxy) is 2. The van der Waals surface area contributed by atoms with Crippen LogP contribution in [0.1, 0.15) is 45.6 Å². The Morgan fingerprint density at radius 1 is 1.39 bits per heavy atom. The summed E-state index contributed by atoms with van der Waals surface area (Å²) in [6.45, 7) is 6.82. The van der Waals surface area contributed by atoms with Gasteiger partial charge in [-0.15, -0.1) is 0 Å². The third-order valence-corrected chi connectivity index (χ3v) is 4.05. The fourth-order valence-corrected chi connectivity index (χ4v) is 2.42. The predicted molar refractivity (Wildman–Crippen MR) is 95.5 cm³/mol. The van der Waals surface area contributed by atoms with E-state index in [0.29, 0.717) is 6.42 Å². The molecule has 1 aliphatic rings. The van der Waals surface area contributed by atoms with Crippen LogP contribution in [-0.2, 0) is 6.42 Å². The summed E-state index contributed by atoms with van der Waals surface area (Å²) in [5.74, 6) is 1.58. The van der Waals surface area contributed by atoms with Crippen LogP contribution in [0.4, 0.5) is 5.69 Å². The SMILES string of the molecule is CCCCCN.CNc1cc2c(cc1OC)CC(O)C(C)(C)O2. The van der Waals surface area contributed by atoms with Gasteiger partial charge in [0.1, 0.15) is 17.1 Å². The Hall–Kier alpha value is -1.46. The molecule has 132 valence electrons. The van der Waals surface area contributed by atoms with Crippen molar-refractivity contribution < 1.29 is 14.6 Å². The third kappa shape index (κ3) is 5.29. The highest BCUT2D eigenvalue weighted by atomic mass is 16.5. The summed E-state index contributed by atoms with van der Waals surface area (Å²) in [7, 11) is 3.47. The molecule has 0 amide bonds. The van der Waals surface area contributed by atoms with Gasteiger partial charge >= 0.3 is 0 Å². The highest BCUT2D eigenvalue weighted by Crippen LogP contribution is 2.39. The molecule has 0 radical (unpaired) electrons. The first-order valence-electron chi connectivity index (χ1n) is 8.35. The normalized spacial score (nSPS) is 18.1. The largest absolute Gasteiger partial charge is 0.495 e. The maximum absolute atomic E-state index is 9.99. The molecule has 1 aromatic rings. The minimum absolute atomic E-state index is 0.500. The average molecular weight is 324 g/mol. The molecular weight excluding hydrogens is 292 g/mol. The molecule has 5 nitrogen and oxygen atoms in total. The molecule has 2 rings (SSSR count). The number of rotatable bonds is 5. The van der Waals surface area contributed by atoms with Crippen molar-refractivity contribution in [2.24, 2.45) is 5.73 Å². The fourth-order valence-electron chi connectivity index (χ4n) is 2.42.